The Morgan fingerprint density at radius 1 is 0.955 bits per heavy atom. The van der Waals surface area contributed by atoms with Crippen LogP contribution in [-0.4, -0.2) is 25.2 Å². The third-order valence-corrected chi connectivity index (χ3v) is 2.26. The van der Waals surface area contributed by atoms with Crippen molar-refractivity contribution >= 4 is 11.9 Å². The van der Waals surface area contributed by atoms with Gasteiger partial charge in [-0.3, -0.25) is 9.59 Å². The lowest BCUT2D eigenvalue weighted by atomic mass is 10.2. The third kappa shape index (κ3) is 17.5. The molecule has 0 radical (unpaired) electrons. The minimum atomic E-state index is -0.310. The fourth-order valence-electron chi connectivity index (χ4n) is 1.29. The van der Waals surface area contributed by atoms with Crippen LogP contribution in [0, 0.1) is 23.7 Å². The van der Waals surface area contributed by atoms with Crippen LogP contribution in [0.5, 0.6) is 0 Å². The van der Waals surface area contributed by atoms with E-state index in [1.807, 2.05) is 6.08 Å². The van der Waals surface area contributed by atoms with Crippen LogP contribution in [0.15, 0.2) is 24.3 Å². The van der Waals surface area contributed by atoms with Crippen molar-refractivity contribution < 1.29 is 19.1 Å². The van der Waals surface area contributed by atoms with E-state index < -0.39 is 0 Å². The molecule has 4 heteroatoms. The monoisotopic (exact) mass is 302 g/mol. The predicted octanol–water partition coefficient (Wildman–Crippen LogP) is 2.79. The van der Waals surface area contributed by atoms with Gasteiger partial charge in [-0.1, -0.05) is 24.0 Å². The lowest BCUT2D eigenvalue weighted by Gasteiger charge is -1.98. The Morgan fingerprint density at radius 2 is 1.73 bits per heavy atom. The highest BCUT2D eigenvalue weighted by Gasteiger charge is 1.91. The molecule has 0 fully saturated rings. The third-order valence-electron chi connectivity index (χ3n) is 2.26. The number of esters is 2. The van der Waals surface area contributed by atoms with Gasteiger partial charge in [0, 0.05) is 20.3 Å². The van der Waals surface area contributed by atoms with Crippen LogP contribution in [-0.2, 0) is 19.1 Å². The first-order chi connectivity index (χ1) is 10.6. The van der Waals surface area contributed by atoms with Crippen LogP contribution >= 0.6 is 0 Å². The number of carbonyl (C=O) groups is 2. The largest absolute Gasteiger partial charge is 0.466 e. The summed E-state index contributed by atoms with van der Waals surface area (Å²) in [4.78, 5) is 21.0. The van der Waals surface area contributed by atoms with Gasteiger partial charge in [-0.2, -0.15) is 0 Å². The van der Waals surface area contributed by atoms with Crippen LogP contribution in [0.1, 0.15) is 39.5 Å². The molecule has 0 bridgehead atoms. The molecule has 0 N–H and O–H groups in total. The molecule has 0 saturated carbocycles. The van der Waals surface area contributed by atoms with E-state index in [-0.39, 0.29) is 18.5 Å². The van der Waals surface area contributed by atoms with Crippen molar-refractivity contribution in [2.75, 3.05) is 13.2 Å². The number of rotatable bonds is 8. The van der Waals surface area contributed by atoms with Gasteiger partial charge in [0.15, 0.2) is 0 Å². The maximum Gasteiger partial charge on any atom is 0.302 e. The van der Waals surface area contributed by atoms with E-state index in [9.17, 15) is 9.59 Å². The standard InChI is InChI=1S/C18H22O4/c1-17(19)21-15-13-11-9-7-5-3-4-6-8-10-12-14-16-22-18(2)20/h5,7,12,14H,3,9,11,13,15-16H2,1-2H3. The number of ether oxygens (including phenoxy) is 2. The molecule has 0 aromatic carbocycles. The van der Waals surface area contributed by atoms with E-state index in [0.717, 1.165) is 19.3 Å². The Hall–Kier alpha value is -2.46. The first kappa shape index (κ1) is 19.5. The Morgan fingerprint density at radius 3 is 2.45 bits per heavy atom. The predicted molar refractivity (Wildman–Crippen MR) is 85.6 cm³/mol. The van der Waals surface area contributed by atoms with Crippen molar-refractivity contribution in [2.24, 2.45) is 0 Å². The zero-order chi connectivity index (χ0) is 16.5. The van der Waals surface area contributed by atoms with Gasteiger partial charge in [0.05, 0.1) is 6.61 Å². The molecule has 0 aliphatic carbocycles. The van der Waals surface area contributed by atoms with Gasteiger partial charge in [0.1, 0.15) is 6.61 Å². The van der Waals surface area contributed by atoms with Crippen LogP contribution in [0.25, 0.3) is 0 Å². The van der Waals surface area contributed by atoms with E-state index in [4.69, 9.17) is 9.47 Å². The van der Waals surface area contributed by atoms with Gasteiger partial charge in [-0.15, -0.1) is 0 Å². The van der Waals surface area contributed by atoms with E-state index in [2.05, 4.69) is 29.8 Å². The van der Waals surface area contributed by atoms with Crippen LogP contribution in [0.2, 0.25) is 0 Å². The average Bonchev–Trinajstić information content (AvgIpc) is 2.46. The molecule has 0 spiro atoms. The van der Waals surface area contributed by atoms with E-state index in [0.29, 0.717) is 13.0 Å². The molecule has 0 heterocycles. The molecular formula is C18H22O4. The molecular weight excluding hydrogens is 280 g/mol. The smallest absolute Gasteiger partial charge is 0.302 e. The SMILES string of the molecule is CC(=O)OCC=CC#CC#CCC=CCCCCOC(C)=O. The van der Waals surface area contributed by atoms with E-state index >= 15 is 0 Å². The van der Waals surface area contributed by atoms with Crippen molar-refractivity contribution in [1.82, 2.24) is 0 Å². The number of unbranched alkanes of at least 4 members (excludes halogenated alkanes) is 2. The molecule has 0 unspecified atom stereocenters. The summed E-state index contributed by atoms with van der Waals surface area (Å²) in [7, 11) is 0. The Balaban J connectivity index is 3.57. The van der Waals surface area contributed by atoms with Gasteiger partial charge in [-0.05, 0) is 43.3 Å². The van der Waals surface area contributed by atoms with Gasteiger partial charge in [0.2, 0.25) is 0 Å². The Bertz CT molecular complexity index is 507. The normalized spacial score (nSPS) is 9.73. The van der Waals surface area contributed by atoms with Crippen molar-refractivity contribution in [3.05, 3.63) is 24.3 Å². The molecule has 0 saturated heterocycles. The summed E-state index contributed by atoms with van der Waals surface area (Å²) < 4.78 is 9.53. The van der Waals surface area contributed by atoms with Crippen LogP contribution in [0.3, 0.4) is 0 Å². The Labute approximate surface area is 132 Å². The van der Waals surface area contributed by atoms with Crippen molar-refractivity contribution in [3.8, 4) is 23.7 Å². The second kappa shape index (κ2) is 14.9. The van der Waals surface area contributed by atoms with Crippen LogP contribution in [0.4, 0.5) is 0 Å². The van der Waals surface area contributed by atoms with Gasteiger partial charge in [0.25, 0.3) is 0 Å². The number of carbonyl (C=O) groups excluding carboxylic acids is 2. The molecule has 0 rings (SSSR count). The molecule has 4 nitrogen and oxygen atoms in total. The molecule has 22 heavy (non-hydrogen) atoms. The number of allylic oxidation sites excluding steroid dienone is 3. The summed E-state index contributed by atoms with van der Waals surface area (Å²) in [6.45, 7) is 3.50. The quantitative estimate of drug-likeness (QED) is 0.299. The second-order valence-corrected chi connectivity index (χ2v) is 4.29. The summed E-state index contributed by atoms with van der Waals surface area (Å²) in [6.07, 6.45) is 10.8. The topological polar surface area (TPSA) is 52.6 Å². The fraction of sp³-hybridized carbons (Fsp3) is 0.444. The molecule has 0 aromatic heterocycles. The Kier molecular flexibility index (Phi) is 13.3. The highest BCUT2D eigenvalue weighted by molar-refractivity contribution is 5.66. The summed E-state index contributed by atoms with van der Waals surface area (Å²) in [6, 6.07) is 0. The lowest BCUT2D eigenvalue weighted by molar-refractivity contribution is -0.141. The average molecular weight is 302 g/mol. The summed E-state index contributed by atoms with van der Waals surface area (Å²) in [5.74, 6) is 10.5. The first-order valence-electron chi connectivity index (χ1n) is 7.18. The maximum absolute atomic E-state index is 10.5. The van der Waals surface area contributed by atoms with Crippen molar-refractivity contribution in [1.29, 1.82) is 0 Å². The maximum atomic E-state index is 10.5. The molecule has 0 aliphatic heterocycles. The minimum Gasteiger partial charge on any atom is -0.466 e. The van der Waals surface area contributed by atoms with E-state index in [1.165, 1.54) is 13.8 Å². The molecule has 118 valence electrons. The highest BCUT2D eigenvalue weighted by Crippen LogP contribution is 1.98. The summed E-state index contributed by atoms with van der Waals surface area (Å²) in [5.41, 5.74) is 0. The highest BCUT2D eigenvalue weighted by atomic mass is 16.5. The molecule has 0 aliphatic rings. The minimum absolute atomic E-state index is 0.229. The zero-order valence-electron chi connectivity index (χ0n) is 13.2. The first-order valence-corrected chi connectivity index (χ1v) is 7.18. The molecule has 0 atom stereocenters. The summed E-state index contributed by atoms with van der Waals surface area (Å²) >= 11 is 0. The van der Waals surface area contributed by atoms with Gasteiger partial charge >= 0.3 is 11.9 Å². The van der Waals surface area contributed by atoms with Crippen LogP contribution < -0.4 is 0 Å². The van der Waals surface area contributed by atoms with E-state index in [1.54, 1.807) is 12.2 Å². The van der Waals surface area contributed by atoms with Crippen molar-refractivity contribution in [2.45, 2.75) is 39.5 Å². The van der Waals surface area contributed by atoms with Gasteiger partial charge < -0.3 is 9.47 Å². The summed E-state index contributed by atoms with van der Waals surface area (Å²) in [5, 5.41) is 0. The molecule has 0 amide bonds. The van der Waals surface area contributed by atoms with Crippen molar-refractivity contribution in [3.63, 3.8) is 0 Å². The number of hydrogen-bond donors (Lipinski definition) is 0. The molecule has 0 aromatic rings. The zero-order valence-corrected chi connectivity index (χ0v) is 13.2. The lowest BCUT2D eigenvalue weighted by Crippen LogP contribution is -1.99. The second-order valence-electron chi connectivity index (χ2n) is 4.29. The number of hydrogen-bond acceptors (Lipinski definition) is 4. The van der Waals surface area contributed by atoms with Gasteiger partial charge in [-0.25, -0.2) is 0 Å². The fourth-order valence-corrected chi connectivity index (χ4v) is 1.29.